The summed E-state index contributed by atoms with van der Waals surface area (Å²) in [6.45, 7) is 0.0866. The van der Waals surface area contributed by atoms with E-state index in [0.29, 0.717) is 40.1 Å². The summed E-state index contributed by atoms with van der Waals surface area (Å²) < 4.78 is 21.0. The van der Waals surface area contributed by atoms with E-state index >= 15 is 0 Å². The number of nitrogens with one attached hydrogen (secondary N) is 1. The molecule has 0 saturated carbocycles. The van der Waals surface area contributed by atoms with Crippen molar-refractivity contribution in [1.29, 1.82) is 0 Å². The van der Waals surface area contributed by atoms with Gasteiger partial charge >= 0.3 is 0 Å². The standard InChI is InChI=1S/C18H17N5O5/c1-25-13-5-3-11(7-15(13)26-2)18-20-22-23(21-18)9-17(24)19-12-4-6-14-16(8-12)28-10-27-14/h3-8H,9-10H2,1-2H3,(H,19,24). The SMILES string of the molecule is COc1ccc(-c2nnn(CC(=O)Nc3ccc4c(c3)OCO4)n2)cc1OC. The second-order valence-corrected chi connectivity index (χ2v) is 5.83. The zero-order valence-electron chi connectivity index (χ0n) is 15.2. The molecule has 0 unspecified atom stereocenters. The Labute approximate surface area is 160 Å². The summed E-state index contributed by atoms with van der Waals surface area (Å²) in [5.41, 5.74) is 1.29. The quantitative estimate of drug-likeness (QED) is 0.685. The van der Waals surface area contributed by atoms with Crippen LogP contribution < -0.4 is 24.3 Å². The third kappa shape index (κ3) is 3.52. The summed E-state index contributed by atoms with van der Waals surface area (Å²) in [6.07, 6.45) is 0. The van der Waals surface area contributed by atoms with Crippen LogP contribution in [-0.4, -0.2) is 47.1 Å². The van der Waals surface area contributed by atoms with Crippen LogP contribution >= 0.6 is 0 Å². The largest absolute Gasteiger partial charge is 0.493 e. The molecule has 4 rings (SSSR count). The van der Waals surface area contributed by atoms with E-state index in [9.17, 15) is 4.79 Å². The molecule has 0 radical (unpaired) electrons. The number of benzene rings is 2. The lowest BCUT2D eigenvalue weighted by Gasteiger charge is -2.07. The van der Waals surface area contributed by atoms with Crippen molar-refractivity contribution < 1.29 is 23.7 Å². The van der Waals surface area contributed by atoms with E-state index in [1.165, 1.54) is 4.80 Å². The van der Waals surface area contributed by atoms with Gasteiger partial charge in [-0.1, -0.05) is 0 Å². The molecule has 2 heterocycles. The first-order valence-electron chi connectivity index (χ1n) is 8.36. The third-order valence-electron chi connectivity index (χ3n) is 4.04. The lowest BCUT2D eigenvalue weighted by molar-refractivity contribution is -0.117. The fourth-order valence-electron chi connectivity index (χ4n) is 2.70. The minimum Gasteiger partial charge on any atom is -0.493 e. The summed E-state index contributed by atoms with van der Waals surface area (Å²) in [5.74, 6) is 2.47. The molecule has 0 bridgehead atoms. The molecule has 0 fully saturated rings. The number of amides is 1. The molecule has 28 heavy (non-hydrogen) atoms. The Morgan fingerprint density at radius 1 is 1.11 bits per heavy atom. The lowest BCUT2D eigenvalue weighted by atomic mass is 10.2. The van der Waals surface area contributed by atoms with Crippen molar-refractivity contribution >= 4 is 11.6 Å². The van der Waals surface area contributed by atoms with Crippen LogP contribution in [0.5, 0.6) is 23.0 Å². The average molecular weight is 383 g/mol. The van der Waals surface area contributed by atoms with Crippen molar-refractivity contribution in [1.82, 2.24) is 20.2 Å². The highest BCUT2D eigenvalue weighted by molar-refractivity contribution is 5.90. The highest BCUT2D eigenvalue weighted by Crippen LogP contribution is 2.34. The van der Waals surface area contributed by atoms with E-state index in [-0.39, 0.29) is 19.2 Å². The lowest BCUT2D eigenvalue weighted by Crippen LogP contribution is -2.20. The maximum atomic E-state index is 12.3. The van der Waals surface area contributed by atoms with Gasteiger partial charge in [-0.05, 0) is 35.5 Å². The van der Waals surface area contributed by atoms with Crippen LogP contribution in [0.3, 0.4) is 0 Å². The van der Waals surface area contributed by atoms with Crippen LogP contribution in [0, 0.1) is 0 Å². The summed E-state index contributed by atoms with van der Waals surface area (Å²) in [4.78, 5) is 13.5. The Bertz CT molecular complexity index is 1020. The Morgan fingerprint density at radius 2 is 1.93 bits per heavy atom. The maximum Gasteiger partial charge on any atom is 0.248 e. The maximum absolute atomic E-state index is 12.3. The predicted octanol–water partition coefficient (Wildman–Crippen LogP) is 1.72. The number of ether oxygens (including phenoxy) is 4. The number of aromatic nitrogens is 4. The van der Waals surface area contributed by atoms with Crippen LogP contribution in [0.15, 0.2) is 36.4 Å². The van der Waals surface area contributed by atoms with Crippen LogP contribution in [0.4, 0.5) is 5.69 Å². The van der Waals surface area contributed by atoms with E-state index in [0.717, 1.165) is 0 Å². The van der Waals surface area contributed by atoms with Gasteiger partial charge in [-0.2, -0.15) is 4.80 Å². The number of tetrazole rings is 1. The zero-order chi connectivity index (χ0) is 19.5. The van der Waals surface area contributed by atoms with Crippen LogP contribution in [0.2, 0.25) is 0 Å². The molecule has 1 aromatic heterocycles. The highest BCUT2D eigenvalue weighted by atomic mass is 16.7. The van der Waals surface area contributed by atoms with Gasteiger partial charge in [0.25, 0.3) is 0 Å². The van der Waals surface area contributed by atoms with Gasteiger partial charge < -0.3 is 24.3 Å². The van der Waals surface area contributed by atoms with Crippen molar-refractivity contribution in [2.45, 2.75) is 6.54 Å². The van der Waals surface area contributed by atoms with E-state index < -0.39 is 0 Å². The van der Waals surface area contributed by atoms with Gasteiger partial charge in [-0.15, -0.1) is 10.2 Å². The first-order chi connectivity index (χ1) is 13.7. The molecule has 1 amide bonds. The number of carbonyl (C=O) groups excluding carboxylic acids is 1. The first kappa shape index (κ1) is 17.6. The second kappa shape index (κ2) is 7.43. The number of rotatable bonds is 6. The van der Waals surface area contributed by atoms with E-state index in [1.807, 2.05) is 0 Å². The molecular formula is C18H17N5O5. The number of hydrogen-bond acceptors (Lipinski definition) is 8. The van der Waals surface area contributed by atoms with Gasteiger partial charge in [0, 0.05) is 17.3 Å². The Kier molecular flexibility index (Phi) is 4.67. The van der Waals surface area contributed by atoms with Crippen molar-refractivity contribution in [3.63, 3.8) is 0 Å². The molecule has 1 aliphatic heterocycles. The van der Waals surface area contributed by atoms with Crippen molar-refractivity contribution in [2.75, 3.05) is 26.3 Å². The van der Waals surface area contributed by atoms with Crippen molar-refractivity contribution in [3.05, 3.63) is 36.4 Å². The molecule has 1 N–H and O–H groups in total. The average Bonchev–Trinajstić information content (AvgIpc) is 3.36. The van der Waals surface area contributed by atoms with E-state index in [1.54, 1.807) is 50.6 Å². The third-order valence-corrected chi connectivity index (χ3v) is 4.04. The molecule has 10 nitrogen and oxygen atoms in total. The number of anilines is 1. The monoisotopic (exact) mass is 383 g/mol. The molecule has 1 aliphatic rings. The van der Waals surface area contributed by atoms with Crippen molar-refractivity contribution in [3.8, 4) is 34.4 Å². The number of methoxy groups -OCH3 is 2. The van der Waals surface area contributed by atoms with Crippen molar-refractivity contribution in [2.24, 2.45) is 0 Å². The van der Waals surface area contributed by atoms with Crippen LogP contribution in [0.1, 0.15) is 0 Å². The Morgan fingerprint density at radius 3 is 2.75 bits per heavy atom. The van der Waals surface area contributed by atoms with Gasteiger partial charge in [0.05, 0.1) is 14.2 Å². The number of carbonyl (C=O) groups is 1. The van der Waals surface area contributed by atoms with Gasteiger partial charge in [0.2, 0.25) is 18.5 Å². The molecular weight excluding hydrogens is 366 g/mol. The predicted molar refractivity (Wildman–Crippen MR) is 97.6 cm³/mol. The van der Waals surface area contributed by atoms with Gasteiger partial charge in [0.15, 0.2) is 23.0 Å². The molecule has 0 saturated heterocycles. The summed E-state index contributed by atoms with van der Waals surface area (Å²) in [5, 5.41) is 14.9. The fourth-order valence-corrected chi connectivity index (χ4v) is 2.70. The first-order valence-corrected chi connectivity index (χ1v) is 8.36. The molecule has 0 atom stereocenters. The minimum absolute atomic E-state index is 0.0886. The minimum atomic E-state index is -0.296. The van der Waals surface area contributed by atoms with E-state index in [2.05, 4.69) is 20.7 Å². The number of nitrogens with zero attached hydrogens (tertiary/aromatic N) is 4. The van der Waals surface area contributed by atoms with Gasteiger partial charge in [-0.3, -0.25) is 4.79 Å². The fraction of sp³-hybridized carbons (Fsp3) is 0.222. The summed E-state index contributed by atoms with van der Waals surface area (Å²) >= 11 is 0. The second-order valence-electron chi connectivity index (χ2n) is 5.83. The van der Waals surface area contributed by atoms with Crippen LogP contribution in [0.25, 0.3) is 11.4 Å². The van der Waals surface area contributed by atoms with Gasteiger partial charge in [0.1, 0.15) is 6.54 Å². The van der Waals surface area contributed by atoms with Gasteiger partial charge in [-0.25, -0.2) is 0 Å². The molecule has 2 aromatic carbocycles. The highest BCUT2D eigenvalue weighted by Gasteiger charge is 2.15. The molecule has 0 spiro atoms. The molecule has 3 aromatic rings. The molecule has 0 aliphatic carbocycles. The zero-order valence-corrected chi connectivity index (χ0v) is 15.2. The van der Waals surface area contributed by atoms with E-state index in [4.69, 9.17) is 18.9 Å². The number of hydrogen-bond donors (Lipinski definition) is 1. The Balaban J connectivity index is 1.44. The summed E-state index contributed by atoms with van der Waals surface area (Å²) in [7, 11) is 3.11. The smallest absolute Gasteiger partial charge is 0.248 e. The topological polar surface area (TPSA) is 110 Å². The molecule has 144 valence electrons. The van der Waals surface area contributed by atoms with Crippen LogP contribution in [-0.2, 0) is 11.3 Å². The summed E-state index contributed by atoms with van der Waals surface area (Å²) in [6, 6.07) is 10.4. The molecule has 10 heteroatoms. The Hall–Kier alpha value is -3.82. The normalized spacial score (nSPS) is 11.9. The number of fused-ring (bicyclic) bond motifs is 1.